The van der Waals surface area contributed by atoms with Crippen LogP contribution in [0, 0.1) is 0 Å². The molecule has 1 N–H and O–H groups in total. The molecule has 0 bridgehead atoms. The molecule has 0 unspecified atom stereocenters. The third-order valence-corrected chi connectivity index (χ3v) is 5.08. The van der Waals surface area contributed by atoms with Crippen LogP contribution in [0.2, 0.25) is 0 Å². The first kappa shape index (κ1) is 30.5. The smallest absolute Gasteiger partial charge is 0.295 e. The zero-order valence-corrected chi connectivity index (χ0v) is 22.3. The zero-order valence-electron chi connectivity index (χ0n) is 20.8. The van der Waals surface area contributed by atoms with E-state index in [0.29, 0.717) is 17.9 Å². The average molecular weight is 532 g/mol. The van der Waals surface area contributed by atoms with Crippen molar-refractivity contribution < 1.29 is 26.6 Å². The standard InChI is InChI=1S/C12H14N4O.C8H11N.C5H5ClN2O.ClH/c1-3-16(10-5-4-6-13-7-10)12(17)11-8-14-9-15(11)2;1-2-4-8-5-3-6-9-7-8;1-8-3-7-2-4(8)5(6)9;/h4-9H,3H2,1-2H3;3,5-7H,2,4H2,1H3;2-3H,1H3;1H. The molecule has 0 spiro atoms. The molecule has 0 fully saturated rings. The summed E-state index contributed by atoms with van der Waals surface area (Å²) in [6.45, 7) is 4.70. The van der Waals surface area contributed by atoms with Crippen molar-refractivity contribution in [2.24, 2.45) is 14.1 Å². The largest absolute Gasteiger partial charge is 1.00 e. The molecular weight excluding hydrogens is 501 g/mol. The lowest BCUT2D eigenvalue weighted by atomic mass is 10.2. The SMILES string of the molecule is CCCc1cccnc1.CCN(C(=O)c1cncn1C)c1cccnc1.C[n+]1c[nH]cc1C(=O)Cl.[Cl-]. The van der Waals surface area contributed by atoms with E-state index >= 15 is 0 Å². The lowest BCUT2D eigenvalue weighted by molar-refractivity contribution is -0.671. The fourth-order valence-corrected chi connectivity index (χ4v) is 3.28. The second-order valence-corrected chi connectivity index (χ2v) is 7.81. The number of nitrogens with one attached hydrogen (secondary N) is 1. The number of rotatable bonds is 6. The Morgan fingerprint density at radius 2 is 1.78 bits per heavy atom. The Balaban J connectivity index is 0.000000291. The number of carbonyl (C=O) groups is 2. The molecule has 1 amide bonds. The van der Waals surface area contributed by atoms with Gasteiger partial charge in [-0.15, -0.1) is 0 Å². The number of aromatic amines is 1. The van der Waals surface area contributed by atoms with E-state index in [1.54, 1.807) is 71.8 Å². The molecule has 4 aromatic heterocycles. The highest BCUT2D eigenvalue weighted by Crippen LogP contribution is 2.14. The third kappa shape index (κ3) is 9.24. The van der Waals surface area contributed by atoms with E-state index in [2.05, 4.69) is 32.9 Å². The van der Waals surface area contributed by atoms with E-state index in [1.807, 2.05) is 31.3 Å². The van der Waals surface area contributed by atoms with Crippen LogP contribution in [0.4, 0.5) is 5.69 Å². The Hall–Kier alpha value is -3.56. The van der Waals surface area contributed by atoms with Crippen molar-refractivity contribution in [3.05, 3.63) is 91.1 Å². The van der Waals surface area contributed by atoms with Gasteiger partial charge in [-0.2, -0.15) is 0 Å². The first-order valence-electron chi connectivity index (χ1n) is 11.2. The van der Waals surface area contributed by atoms with E-state index in [1.165, 1.54) is 12.0 Å². The van der Waals surface area contributed by atoms with Crippen LogP contribution in [0.1, 0.15) is 46.8 Å². The van der Waals surface area contributed by atoms with Gasteiger partial charge in [-0.25, -0.2) is 14.5 Å². The Morgan fingerprint density at radius 1 is 1.08 bits per heavy atom. The van der Waals surface area contributed by atoms with Crippen molar-refractivity contribution in [3.8, 4) is 0 Å². The predicted octanol–water partition coefficient (Wildman–Crippen LogP) is 0.738. The molecule has 0 radical (unpaired) electrons. The van der Waals surface area contributed by atoms with Crippen molar-refractivity contribution >= 4 is 28.4 Å². The maximum atomic E-state index is 12.3. The van der Waals surface area contributed by atoms with Crippen LogP contribution in [0.3, 0.4) is 0 Å². The van der Waals surface area contributed by atoms with E-state index in [0.717, 1.165) is 12.1 Å². The van der Waals surface area contributed by atoms with Gasteiger partial charge in [0.05, 0.1) is 31.5 Å². The van der Waals surface area contributed by atoms with Crippen LogP contribution < -0.4 is 21.9 Å². The maximum Gasteiger partial charge on any atom is 0.295 e. The van der Waals surface area contributed by atoms with Crippen LogP contribution in [-0.4, -0.2) is 42.2 Å². The molecule has 4 aromatic rings. The van der Waals surface area contributed by atoms with Gasteiger partial charge in [-0.3, -0.25) is 19.6 Å². The summed E-state index contributed by atoms with van der Waals surface area (Å²) in [5, 5.41) is -0.446. The highest BCUT2D eigenvalue weighted by atomic mass is 35.5. The van der Waals surface area contributed by atoms with Gasteiger partial charge in [0.2, 0.25) is 12.0 Å². The van der Waals surface area contributed by atoms with E-state index in [-0.39, 0.29) is 18.3 Å². The van der Waals surface area contributed by atoms with Crippen LogP contribution in [0.5, 0.6) is 0 Å². The van der Waals surface area contributed by atoms with Gasteiger partial charge in [0, 0.05) is 32.2 Å². The van der Waals surface area contributed by atoms with Gasteiger partial charge in [-0.05, 0) is 48.7 Å². The van der Waals surface area contributed by atoms with Crippen molar-refractivity contribution in [2.45, 2.75) is 26.7 Å². The van der Waals surface area contributed by atoms with Crippen molar-refractivity contribution in [2.75, 3.05) is 11.4 Å². The minimum Gasteiger partial charge on any atom is -1.00 e. The topological polar surface area (TPSA) is 101 Å². The number of halogens is 2. The summed E-state index contributed by atoms with van der Waals surface area (Å²) in [5.74, 6) is -0.0690. The Labute approximate surface area is 222 Å². The van der Waals surface area contributed by atoms with Gasteiger partial charge in [0.1, 0.15) is 11.9 Å². The van der Waals surface area contributed by atoms with Crippen LogP contribution in [-0.2, 0) is 20.5 Å². The molecule has 0 saturated carbocycles. The van der Waals surface area contributed by atoms with Crippen LogP contribution in [0.25, 0.3) is 0 Å². The number of nitrogens with zero attached hydrogens (tertiary/aromatic N) is 6. The number of carbonyl (C=O) groups excluding carboxylic acids is 2. The fraction of sp³-hybridized carbons (Fsp3) is 0.280. The molecule has 36 heavy (non-hydrogen) atoms. The first-order chi connectivity index (χ1) is 16.9. The van der Waals surface area contributed by atoms with Gasteiger partial charge >= 0.3 is 0 Å². The average Bonchev–Trinajstić information content (AvgIpc) is 3.50. The second kappa shape index (κ2) is 16.2. The number of H-pyrrole nitrogens is 1. The molecule has 192 valence electrons. The van der Waals surface area contributed by atoms with Crippen molar-refractivity contribution in [1.82, 2.24) is 24.5 Å². The van der Waals surface area contributed by atoms with Gasteiger partial charge < -0.3 is 21.9 Å². The highest BCUT2D eigenvalue weighted by molar-refractivity contribution is 6.67. The summed E-state index contributed by atoms with van der Waals surface area (Å²) in [5.41, 5.74) is 3.16. The molecule has 9 nitrogen and oxygen atoms in total. The molecule has 0 saturated heterocycles. The molecule has 0 aliphatic rings. The van der Waals surface area contributed by atoms with Gasteiger partial charge in [0.15, 0.2) is 0 Å². The van der Waals surface area contributed by atoms with Crippen molar-refractivity contribution in [1.29, 1.82) is 0 Å². The lowest BCUT2D eigenvalue weighted by Crippen LogP contribution is -3.00. The summed E-state index contributed by atoms with van der Waals surface area (Å²) in [7, 11) is 3.55. The quantitative estimate of drug-likeness (QED) is 0.292. The predicted molar refractivity (Wildman–Crippen MR) is 135 cm³/mol. The summed E-state index contributed by atoms with van der Waals surface area (Å²) < 4.78 is 3.33. The number of hydrogen-bond acceptors (Lipinski definition) is 5. The Kier molecular flexibility index (Phi) is 13.7. The maximum absolute atomic E-state index is 12.3. The first-order valence-corrected chi connectivity index (χ1v) is 11.6. The van der Waals surface area contributed by atoms with Gasteiger partial charge in [0.25, 0.3) is 11.1 Å². The number of amides is 1. The van der Waals surface area contributed by atoms with Gasteiger partial charge in [-0.1, -0.05) is 19.4 Å². The second-order valence-electron chi connectivity index (χ2n) is 7.47. The molecule has 0 aliphatic carbocycles. The minimum absolute atomic E-state index is 0. The number of anilines is 1. The summed E-state index contributed by atoms with van der Waals surface area (Å²) in [6.07, 6.45) is 15.8. The Morgan fingerprint density at radius 3 is 2.19 bits per heavy atom. The highest BCUT2D eigenvalue weighted by Gasteiger charge is 2.18. The van der Waals surface area contributed by atoms with Crippen LogP contribution in [0.15, 0.2) is 74.1 Å². The summed E-state index contributed by atoms with van der Waals surface area (Å²) in [4.78, 5) is 39.1. The number of imidazole rings is 2. The molecule has 0 aromatic carbocycles. The summed E-state index contributed by atoms with van der Waals surface area (Å²) in [6, 6.07) is 7.76. The third-order valence-electron chi connectivity index (χ3n) is 4.89. The van der Waals surface area contributed by atoms with E-state index < -0.39 is 5.24 Å². The normalized spacial score (nSPS) is 9.58. The van der Waals surface area contributed by atoms with E-state index in [4.69, 9.17) is 11.6 Å². The fourth-order valence-electron chi connectivity index (χ4n) is 3.09. The summed E-state index contributed by atoms with van der Waals surface area (Å²) >= 11 is 5.17. The van der Waals surface area contributed by atoms with E-state index in [9.17, 15) is 9.59 Å². The number of aromatic nitrogens is 6. The number of aryl methyl sites for hydroxylation is 3. The minimum atomic E-state index is -0.446. The zero-order chi connectivity index (χ0) is 25.6. The molecule has 11 heteroatoms. The molecule has 4 heterocycles. The van der Waals surface area contributed by atoms with Crippen LogP contribution >= 0.6 is 11.6 Å². The number of hydrogen-bond donors (Lipinski definition) is 1. The Bertz CT molecular complexity index is 1180. The lowest BCUT2D eigenvalue weighted by Gasteiger charge is -2.20. The number of pyridine rings is 2. The monoisotopic (exact) mass is 531 g/mol. The van der Waals surface area contributed by atoms with Crippen molar-refractivity contribution in [3.63, 3.8) is 0 Å². The molecule has 0 atom stereocenters. The molecular formula is C25H31Cl2N7O2. The molecule has 4 rings (SSSR count). The molecule has 0 aliphatic heterocycles.